The highest BCUT2D eigenvalue weighted by Crippen LogP contribution is 2.29. The molecule has 0 atom stereocenters. The van der Waals surface area contributed by atoms with Crippen molar-refractivity contribution in [3.8, 4) is 0 Å². The van der Waals surface area contributed by atoms with Gasteiger partial charge in [-0.05, 0) is 24.3 Å². The number of benzene rings is 2. The molecule has 142 valence electrons. The van der Waals surface area contributed by atoms with Gasteiger partial charge >= 0.3 is 5.76 Å². The zero-order valence-electron chi connectivity index (χ0n) is 15.1. The largest absolute Gasteiger partial charge is 0.420 e. The van der Waals surface area contributed by atoms with Crippen molar-refractivity contribution in [2.24, 2.45) is 0 Å². The predicted octanol–water partition coefficient (Wildman–Crippen LogP) is 2.55. The van der Waals surface area contributed by atoms with Crippen LogP contribution < -0.4 is 10.7 Å². The third-order valence-electron chi connectivity index (χ3n) is 5.05. The molecule has 0 saturated carbocycles. The maximum atomic E-state index is 12.7. The first-order valence-corrected chi connectivity index (χ1v) is 9.97. The summed E-state index contributed by atoms with van der Waals surface area (Å²) >= 11 is 1.67. The SMILES string of the molecule is O=C(Cn1c(=O)oc2ccccc21)N1CCN(c2nc3ccccc3s2)CC1. The summed E-state index contributed by atoms with van der Waals surface area (Å²) in [6.07, 6.45) is 0. The van der Waals surface area contributed by atoms with Crippen molar-refractivity contribution in [3.05, 3.63) is 59.1 Å². The normalized spacial score (nSPS) is 14.9. The topological polar surface area (TPSA) is 71.6 Å². The Balaban J connectivity index is 1.28. The van der Waals surface area contributed by atoms with Gasteiger partial charge in [0.05, 0.1) is 15.7 Å². The number of hydrogen-bond acceptors (Lipinski definition) is 6. The van der Waals surface area contributed by atoms with Crippen molar-refractivity contribution in [2.45, 2.75) is 6.54 Å². The van der Waals surface area contributed by atoms with Crippen LogP contribution in [0, 0.1) is 0 Å². The molecule has 0 unspecified atom stereocenters. The number of piperazine rings is 1. The van der Waals surface area contributed by atoms with E-state index in [1.807, 2.05) is 24.3 Å². The summed E-state index contributed by atoms with van der Waals surface area (Å²) in [6.45, 7) is 2.68. The van der Waals surface area contributed by atoms with Gasteiger partial charge in [0.15, 0.2) is 10.7 Å². The van der Waals surface area contributed by atoms with Crippen molar-refractivity contribution < 1.29 is 9.21 Å². The number of para-hydroxylation sites is 3. The molecule has 2 aromatic heterocycles. The molecule has 1 aliphatic rings. The smallest absolute Gasteiger partial charge is 0.408 e. The van der Waals surface area contributed by atoms with E-state index < -0.39 is 5.76 Å². The highest BCUT2D eigenvalue weighted by atomic mass is 32.1. The number of rotatable bonds is 3. The number of hydrogen-bond donors (Lipinski definition) is 0. The Morgan fingerprint density at radius 3 is 2.61 bits per heavy atom. The second kappa shape index (κ2) is 6.79. The summed E-state index contributed by atoms with van der Waals surface area (Å²) in [5, 5.41) is 0.991. The van der Waals surface area contributed by atoms with Crippen LogP contribution in [0.1, 0.15) is 0 Å². The molecule has 4 aromatic rings. The molecule has 8 heteroatoms. The Labute approximate surface area is 164 Å². The second-order valence-corrected chi connectivity index (χ2v) is 7.76. The van der Waals surface area contributed by atoms with Crippen LogP contribution in [-0.2, 0) is 11.3 Å². The molecular formula is C20H18N4O3S. The maximum absolute atomic E-state index is 12.7. The summed E-state index contributed by atoms with van der Waals surface area (Å²) in [5.41, 5.74) is 2.15. The van der Waals surface area contributed by atoms with Crippen LogP contribution in [0.15, 0.2) is 57.7 Å². The average Bonchev–Trinajstić information content (AvgIpc) is 3.29. The zero-order chi connectivity index (χ0) is 19.1. The van der Waals surface area contributed by atoms with Crippen molar-refractivity contribution in [1.29, 1.82) is 0 Å². The molecule has 2 aromatic carbocycles. The maximum Gasteiger partial charge on any atom is 0.420 e. The zero-order valence-corrected chi connectivity index (χ0v) is 15.9. The standard InChI is InChI=1S/C20H18N4O3S/c25-18(13-24-15-6-2-3-7-16(15)27-20(24)26)22-9-11-23(12-10-22)19-21-14-5-1-4-8-17(14)28-19/h1-8H,9-13H2. The first-order valence-electron chi connectivity index (χ1n) is 9.16. The Morgan fingerprint density at radius 2 is 1.79 bits per heavy atom. The summed E-state index contributed by atoms with van der Waals surface area (Å²) in [6, 6.07) is 15.2. The van der Waals surface area contributed by atoms with Gasteiger partial charge in [-0.2, -0.15) is 0 Å². The summed E-state index contributed by atoms with van der Waals surface area (Å²) in [5.74, 6) is -0.569. The number of carbonyl (C=O) groups is 1. The third kappa shape index (κ3) is 2.95. The number of nitrogens with zero attached hydrogens (tertiary/aromatic N) is 4. The van der Waals surface area contributed by atoms with Crippen LogP contribution in [0.5, 0.6) is 0 Å². The minimum atomic E-state index is -0.498. The van der Waals surface area contributed by atoms with E-state index in [4.69, 9.17) is 9.40 Å². The molecule has 3 heterocycles. The first-order chi connectivity index (χ1) is 13.7. The molecule has 1 fully saturated rings. The van der Waals surface area contributed by atoms with E-state index in [2.05, 4.69) is 11.0 Å². The minimum absolute atomic E-state index is 0.00299. The van der Waals surface area contributed by atoms with Crippen molar-refractivity contribution >= 4 is 43.7 Å². The van der Waals surface area contributed by atoms with Crippen molar-refractivity contribution in [1.82, 2.24) is 14.5 Å². The lowest BCUT2D eigenvalue weighted by Crippen LogP contribution is -2.50. The lowest BCUT2D eigenvalue weighted by Gasteiger charge is -2.34. The molecule has 7 nitrogen and oxygen atoms in total. The van der Waals surface area contributed by atoms with E-state index in [-0.39, 0.29) is 12.5 Å². The van der Waals surface area contributed by atoms with Gasteiger partial charge < -0.3 is 14.2 Å². The van der Waals surface area contributed by atoms with Gasteiger partial charge in [-0.25, -0.2) is 9.78 Å². The van der Waals surface area contributed by atoms with Crippen molar-refractivity contribution in [3.63, 3.8) is 0 Å². The molecular weight excluding hydrogens is 376 g/mol. The average molecular weight is 394 g/mol. The fourth-order valence-electron chi connectivity index (χ4n) is 3.54. The molecule has 0 aliphatic carbocycles. The van der Waals surface area contributed by atoms with Crippen molar-refractivity contribution in [2.75, 3.05) is 31.1 Å². The number of thiazole rings is 1. The van der Waals surface area contributed by atoms with Gasteiger partial charge in [0, 0.05) is 26.2 Å². The Hall–Kier alpha value is -3.13. The summed E-state index contributed by atoms with van der Waals surface area (Å²) < 4.78 is 7.78. The van der Waals surface area contributed by atoms with Gasteiger partial charge in [-0.1, -0.05) is 35.6 Å². The van der Waals surface area contributed by atoms with Crippen LogP contribution in [0.4, 0.5) is 5.13 Å². The third-order valence-corrected chi connectivity index (χ3v) is 6.15. The molecule has 0 radical (unpaired) electrons. The predicted molar refractivity (Wildman–Crippen MR) is 109 cm³/mol. The van der Waals surface area contributed by atoms with Gasteiger partial charge in [-0.15, -0.1) is 0 Å². The molecule has 1 amide bonds. The molecule has 5 rings (SSSR count). The quantitative estimate of drug-likeness (QED) is 0.534. The number of anilines is 1. The second-order valence-electron chi connectivity index (χ2n) is 6.75. The van der Waals surface area contributed by atoms with Crippen LogP contribution in [0.25, 0.3) is 21.3 Å². The van der Waals surface area contributed by atoms with E-state index in [1.54, 1.807) is 34.4 Å². The van der Waals surface area contributed by atoms with E-state index in [0.717, 1.165) is 23.7 Å². The van der Waals surface area contributed by atoms with Crippen LogP contribution in [0.3, 0.4) is 0 Å². The number of aromatic nitrogens is 2. The number of oxazole rings is 1. The number of carbonyl (C=O) groups excluding carboxylic acids is 1. The van der Waals surface area contributed by atoms with E-state index >= 15 is 0 Å². The Bertz CT molecular complexity index is 1180. The lowest BCUT2D eigenvalue weighted by molar-refractivity contribution is -0.132. The van der Waals surface area contributed by atoms with Crippen LogP contribution in [0.2, 0.25) is 0 Å². The van der Waals surface area contributed by atoms with Gasteiger partial charge in [-0.3, -0.25) is 9.36 Å². The van der Waals surface area contributed by atoms with Crippen LogP contribution in [-0.4, -0.2) is 46.5 Å². The molecule has 28 heavy (non-hydrogen) atoms. The molecule has 0 spiro atoms. The van der Waals surface area contributed by atoms with Gasteiger partial charge in [0.1, 0.15) is 6.54 Å². The Kier molecular flexibility index (Phi) is 4.12. The first kappa shape index (κ1) is 17.0. The Morgan fingerprint density at radius 1 is 1.04 bits per heavy atom. The molecule has 0 N–H and O–H groups in total. The van der Waals surface area contributed by atoms with E-state index in [1.165, 1.54) is 9.27 Å². The fourth-order valence-corrected chi connectivity index (χ4v) is 4.56. The van der Waals surface area contributed by atoms with E-state index in [9.17, 15) is 9.59 Å². The van der Waals surface area contributed by atoms with Gasteiger partial charge in [0.25, 0.3) is 0 Å². The fraction of sp³-hybridized carbons (Fsp3) is 0.250. The number of amides is 1. The van der Waals surface area contributed by atoms with Crippen LogP contribution >= 0.6 is 11.3 Å². The van der Waals surface area contributed by atoms with E-state index in [0.29, 0.717) is 24.2 Å². The molecule has 0 bridgehead atoms. The monoisotopic (exact) mass is 394 g/mol. The molecule has 1 saturated heterocycles. The molecule has 1 aliphatic heterocycles. The summed E-state index contributed by atoms with van der Waals surface area (Å²) in [4.78, 5) is 33.5. The lowest BCUT2D eigenvalue weighted by atomic mass is 10.3. The highest BCUT2D eigenvalue weighted by molar-refractivity contribution is 7.22. The highest BCUT2D eigenvalue weighted by Gasteiger charge is 2.24. The van der Waals surface area contributed by atoms with Gasteiger partial charge in [0.2, 0.25) is 5.91 Å². The summed E-state index contributed by atoms with van der Waals surface area (Å²) in [7, 11) is 0. The number of fused-ring (bicyclic) bond motifs is 2. The minimum Gasteiger partial charge on any atom is -0.408 e.